The van der Waals surface area contributed by atoms with Crippen LogP contribution in [0.1, 0.15) is 18.4 Å². The van der Waals surface area contributed by atoms with Gasteiger partial charge in [-0.1, -0.05) is 24.3 Å². The van der Waals surface area contributed by atoms with E-state index in [1.54, 1.807) is 0 Å². The van der Waals surface area contributed by atoms with Crippen LogP contribution < -0.4 is 4.74 Å². The van der Waals surface area contributed by atoms with Gasteiger partial charge in [-0.3, -0.25) is 0 Å². The molecule has 2 nitrogen and oxygen atoms in total. The van der Waals surface area contributed by atoms with E-state index in [4.69, 9.17) is 4.74 Å². The molecule has 136 valence electrons. The lowest BCUT2D eigenvalue weighted by Crippen LogP contribution is -2.68. The predicted octanol–water partition coefficient (Wildman–Crippen LogP) is 5.21. The predicted molar refractivity (Wildman–Crippen MR) is 110 cm³/mol. The normalized spacial score (nSPS) is 35.7. The summed E-state index contributed by atoms with van der Waals surface area (Å²) >= 11 is 1.83. The molecule has 4 bridgehead atoms. The Morgan fingerprint density at radius 1 is 1.00 bits per heavy atom. The van der Waals surface area contributed by atoms with E-state index >= 15 is 0 Å². The minimum atomic E-state index is 0.0683. The van der Waals surface area contributed by atoms with Crippen molar-refractivity contribution in [2.75, 3.05) is 19.6 Å². The molecule has 5 aliphatic rings. The van der Waals surface area contributed by atoms with Crippen LogP contribution in [0.25, 0.3) is 21.2 Å². The van der Waals surface area contributed by atoms with E-state index in [1.165, 1.54) is 59.3 Å². The second-order valence-electron chi connectivity index (χ2n) is 9.14. The second-order valence-corrected chi connectivity index (χ2v) is 10.1. The molecule has 3 aromatic rings. The van der Waals surface area contributed by atoms with Gasteiger partial charge in [-0.2, -0.15) is 0 Å². The van der Waals surface area contributed by atoms with Gasteiger partial charge in [-0.15, -0.1) is 11.3 Å². The van der Waals surface area contributed by atoms with Crippen molar-refractivity contribution in [3.63, 3.8) is 0 Å². The van der Waals surface area contributed by atoms with E-state index < -0.39 is 0 Å². The number of thiophene rings is 1. The Bertz CT molecular complexity index is 1040. The number of rotatable bonds is 1. The van der Waals surface area contributed by atoms with E-state index in [2.05, 4.69) is 52.7 Å². The summed E-state index contributed by atoms with van der Waals surface area (Å²) in [4.78, 5) is 2.70. The third-order valence-electron chi connectivity index (χ3n) is 7.74. The quantitative estimate of drug-likeness (QED) is 0.580. The third kappa shape index (κ3) is 1.99. The van der Waals surface area contributed by atoms with E-state index in [1.807, 2.05) is 11.3 Å². The number of nitrogens with zero attached hydrogens (tertiary/aromatic N) is 1. The van der Waals surface area contributed by atoms with Crippen LogP contribution in [0.2, 0.25) is 0 Å². The molecule has 4 fully saturated rings. The molecule has 1 spiro atoms. The number of piperidine rings is 3. The fourth-order valence-electron chi connectivity index (χ4n) is 6.66. The molecular weight excluding hydrogens is 350 g/mol. The van der Waals surface area contributed by atoms with Crippen LogP contribution in [0.4, 0.5) is 0 Å². The van der Waals surface area contributed by atoms with Gasteiger partial charge in [0.2, 0.25) is 0 Å². The largest absolute Gasteiger partial charge is 0.486 e. The van der Waals surface area contributed by atoms with Gasteiger partial charge in [-0.05, 0) is 58.9 Å². The van der Waals surface area contributed by atoms with Crippen molar-refractivity contribution >= 4 is 21.4 Å². The lowest BCUT2D eigenvalue weighted by molar-refractivity contribution is -0.158. The van der Waals surface area contributed by atoms with Crippen molar-refractivity contribution in [3.05, 3.63) is 53.4 Å². The van der Waals surface area contributed by atoms with E-state index in [9.17, 15) is 0 Å². The first-order valence-electron chi connectivity index (χ1n) is 10.3. The summed E-state index contributed by atoms with van der Waals surface area (Å²) in [5.74, 6) is 3.50. The van der Waals surface area contributed by atoms with E-state index in [0.717, 1.165) is 18.1 Å². The first kappa shape index (κ1) is 15.1. The molecule has 5 atom stereocenters. The minimum absolute atomic E-state index is 0.0683. The monoisotopic (exact) mass is 373 g/mol. The molecule has 1 aromatic heterocycles. The molecular formula is C24H23NOS. The van der Waals surface area contributed by atoms with Crippen LogP contribution in [0.15, 0.2) is 47.8 Å². The maximum Gasteiger partial charge on any atom is 0.124 e. The highest BCUT2D eigenvalue weighted by Gasteiger charge is 2.60. The summed E-state index contributed by atoms with van der Waals surface area (Å²) in [7, 11) is 0. The maximum absolute atomic E-state index is 6.88. The number of hydrogen-bond acceptors (Lipinski definition) is 3. The summed E-state index contributed by atoms with van der Waals surface area (Å²) in [6.45, 7) is 3.83. The smallest absolute Gasteiger partial charge is 0.124 e. The lowest BCUT2D eigenvalue weighted by Gasteiger charge is -2.60. The highest BCUT2D eigenvalue weighted by atomic mass is 32.1. The molecule has 3 heteroatoms. The van der Waals surface area contributed by atoms with Crippen LogP contribution >= 0.6 is 11.3 Å². The van der Waals surface area contributed by atoms with Gasteiger partial charge in [0.25, 0.3) is 0 Å². The molecule has 0 N–H and O–H groups in total. The number of ether oxygens (including phenoxy) is 1. The molecule has 0 radical (unpaired) electrons. The average Bonchev–Trinajstić information content (AvgIpc) is 3.30. The second kappa shape index (κ2) is 5.15. The van der Waals surface area contributed by atoms with Crippen molar-refractivity contribution in [2.45, 2.75) is 24.9 Å². The molecule has 4 unspecified atom stereocenters. The zero-order valence-corrected chi connectivity index (χ0v) is 16.2. The Morgan fingerprint density at radius 2 is 1.89 bits per heavy atom. The van der Waals surface area contributed by atoms with Gasteiger partial charge < -0.3 is 9.64 Å². The van der Waals surface area contributed by atoms with Crippen molar-refractivity contribution in [1.29, 1.82) is 0 Å². The van der Waals surface area contributed by atoms with Gasteiger partial charge >= 0.3 is 0 Å². The van der Waals surface area contributed by atoms with E-state index in [-0.39, 0.29) is 5.60 Å². The zero-order valence-electron chi connectivity index (χ0n) is 15.4. The summed E-state index contributed by atoms with van der Waals surface area (Å²) in [6, 6.07) is 15.8. The van der Waals surface area contributed by atoms with Crippen molar-refractivity contribution in [3.8, 4) is 16.9 Å². The van der Waals surface area contributed by atoms with Crippen molar-refractivity contribution in [2.24, 2.45) is 17.8 Å². The number of benzene rings is 2. The Hall–Kier alpha value is -1.84. The average molecular weight is 374 g/mol. The summed E-state index contributed by atoms with van der Waals surface area (Å²) in [6.07, 6.45) is 3.85. The Kier molecular flexibility index (Phi) is 2.89. The first-order valence-corrected chi connectivity index (χ1v) is 11.2. The van der Waals surface area contributed by atoms with Crippen molar-refractivity contribution in [1.82, 2.24) is 4.90 Å². The molecule has 3 saturated heterocycles. The minimum Gasteiger partial charge on any atom is -0.486 e. The van der Waals surface area contributed by atoms with Crippen LogP contribution in [0.5, 0.6) is 5.75 Å². The van der Waals surface area contributed by atoms with Crippen LogP contribution in [0.3, 0.4) is 0 Å². The summed E-state index contributed by atoms with van der Waals surface area (Å²) < 4.78 is 8.26. The van der Waals surface area contributed by atoms with Gasteiger partial charge in [0, 0.05) is 48.2 Å². The fourth-order valence-corrected chi connectivity index (χ4v) is 7.49. The SMILES string of the molecule is c1cc2c(c(-c3ccc4ccsc4c3)c1)CC1(O2)C2CC3C[C@@H]1CN(C3)C2. The van der Waals surface area contributed by atoms with Crippen LogP contribution in [0, 0.1) is 17.8 Å². The fraction of sp³-hybridized carbons (Fsp3) is 0.417. The number of fused-ring (bicyclic) bond motifs is 2. The van der Waals surface area contributed by atoms with Gasteiger partial charge in [0.05, 0.1) is 0 Å². The highest BCUT2D eigenvalue weighted by Crippen LogP contribution is 2.57. The molecule has 1 saturated carbocycles. The molecule has 5 heterocycles. The maximum atomic E-state index is 6.88. The Labute approximate surface area is 163 Å². The molecule has 4 aliphatic heterocycles. The number of hydrogen-bond donors (Lipinski definition) is 0. The zero-order chi connectivity index (χ0) is 17.6. The van der Waals surface area contributed by atoms with Crippen LogP contribution in [-0.2, 0) is 6.42 Å². The highest BCUT2D eigenvalue weighted by molar-refractivity contribution is 7.17. The summed E-state index contributed by atoms with van der Waals surface area (Å²) in [5.41, 5.74) is 4.25. The van der Waals surface area contributed by atoms with Gasteiger partial charge in [0.1, 0.15) is 11.4 Å². The van der Waals surface area contributed by atoms with Crippen molar-refractivity contribution < 1.29 is 4.74 Å². The molecule has 8 rings (SSSR count). The third-order valence-corrected chi connectivity index (χ3v) is 8.62. The Balaban J connectivity index is 1.33. The standard InChI is InChI=1S/C24H23NOS/c1-2-20(17-5-4-16-6-7-27-23(16)10-17)21-11-24(26-22(21)3-1)18-8-15-9-19(24)14-25(12-15)13-18/h1-7,10,15,18-19H,8-9,11-14H2/t15?,18-,19?,24?/m1/s1. The molecule has 2 aromatic carbocycles. The molecule has 0 amide bonds. The lowest BCUT2D eigenvalue weighted by atomic mass is 9.58. The van der Waals surface area contributed by atoms with E-state index in [0.29, 0.717) is 11.8 Å². The van der Waals surface area contributed by atoms with Gasteiger partial charge in [0.15, 0.2) is 0 Å². The topological polar surface area (TPSA) is 12.5 Å². The van der Waals surface area contributed by atoms with Gasteiger partial charge in [-0.25, -0.2) is 0 Å². The molecule has 1 aliphatic carbocycles. The first-order chi connectivity index (χ1) is 13.3. The summed E-state index contributed by atoms with van der Waals surface area (Å²) in [5, 5.41) is 3.53. The Morgan fingerprint density at radius 3 is 2.74 bits per heavy atom. The van der Waals surface area contributed by atoms with Crippen LogP contribution in [-0.4, -0.2) is 30.1 Å². The molecule has 27 heavy (non-hydrogen) atoms.